The maximum absolute atomic E-state index is 12.0. The summed E-state index contributed by atoms with van der Waals surface area (Å²) < 4.78 is 0. The molecule has 1 N–H and O–H groups in total. The highest BCUT2D eigenvalue weighted by molar-refractivity contribution is 8.18. The molecule has 2 aliphatic heterocycles. The van der Waals surface area contributed by atoms with E-state index in [0.29, 0.717) is 10.5 Å². The SMILES string of the molecule is O=C1N=C(N2CCSCC2)S/C1=C/c1cccc(C(=O)O)c1. The lowest BCUT2D eigenvalue weighted by Gasteiger charge is -2.26. The van der Waals surface area contributed by atoms with Crippen molar-refractivity contribution in [3.05, 3.63) is 40.3 Å². The molecule has 22 heavy (non-hydrogen) atoms. The number of aliphatic imine (C=N–C) groups is 1. The number of aromatic carboxylic acids is 1. The summed E-state index contributed by atoms with van der Waals surface area (Å²) in [6.07, 6.45) is 1.70. The first kappa shape index (κ1) is 15.2. The molecule has 0 bridgehead atoms. The van der Waals surface area contributed by atoms with Gasteiger partial charge < -0.3 is 10.0 Å². The van der Waals surface area contributed by atoms with Crippen molar-refractivity contribution >= 4 is 46.6 Å². The predicted octanol–water partition coefficient (Wildman–Crippen LogP) is 2.40. The Morgan fingerprint density at radius 3 is 2.82 bits per heavy atom. The van der Waals surface area contributed by atoms with Gasteiger partial charge in [0.15, 0.2) is 5.17 Å². The van der Waals surface area contributed by atoms with Gasteiger partial charge in [-0.2, -0.15) is 16.8 Å². The molecule has 0 saturated carbocycles. The smallest absolute Gasteiger partial charge is 0.335 e. The Kier molecular flexibility index (Phi) is 4.54. The van der Waals surface area contributed by atoms with Gasteiger partial charge in [0.05, 0.1) is 10.5 Å². The number of hydrogen-bond acceptors (Lipinski definition) is 5. The van der Waals surface area contributed by atoms with Gasteiger partial charge in [-0.1, -0.05) is 12.1 Å². The highest BCUT2D eigenvalue weighted by atomic mass is 32.2. The number of thioether (sulfide) groups is 2. The van der Waals surface area contributed by atoms with E-state index in [2.05, 4.69) is 9.89 Å². The molecule has 3 rings (SSSR count). The van der Waals surface area contributed by atoms with Gasteiger partial charge >= 0.3 is 5.97 Å². The number of nitrogens with zero attached hydrogens (tertiary/aromatic N) is 2. The fourth-order valence-electron chi connectivity index (χ4n) is 2.20. The number of carboxylic acids is 1. The average molecular weight is 334 g/mol. The number of carbonyl (C=O) groups excluding carboxylic acids is 1. The maximum Gasteiger partial charge on any atom is 0.335 e. The number of rotatable bonds is 2. The van der Waals surface area contributed by atoms with E-state index in [4.69, 9.17) is 5.11 Å². The number of amidine groups is 1. The minimum atomic E-state index is -0.978. The Balaban J connectivity index is 1.77. The standard InChI is InChI=1S/C15H14N2O3S2/c18-13-12(9-10-2-1-3-11(8-10)14(19)20)22-15(16-13)17-4-6-21-7-5-17/h1-3,8-9H,4-7H2,(H,19,20)/b12-9+. The third-order valence-corrected chi connectivity index (χ3v) is 5.31. The summed E-state index contributed by atoms with van der Waals surface area (Å²) in [5.74, 6) is 0.869. The van der Waals surface area contributed by atoms with Crippen LogP contribution in [-0.2, 0) is 4.79 Å². The normalized spacial score (nSPS) is 20.4. The summed E-state index contributed by atoms with van der Waals surface area (Å²) in [5, 5.41) is 9.77. The molecule has 0 atom stereocenters. The van der Waals surface area contributed by atoms with Crippen LogP contribution in [0.3, 0.4) is 0 Å². The Labute approximate surface area is 136 Å². The average Bonchev–Trinajstić information content (AvgIpc) is 2.89. The molecule has 7 heteroatoms. The lowest BCUT2D eigenvalue weighted by Crippen LogP contribution is -2.35. The van der Waals surface area contributed by atoms with Crippen LogP contribution >= 0.6 is 23.5 Å². The van der Waals surface area contributed by atoms with Gasteiger partial charge in [-0.05, 0) is 35.5 Å². The Morgan fingerprint density at radius 1 is 1.32 bits per heavy atom. The molecule has 2 heterocycles. The van der Waals surface area contributed by atoms with Gasteiger partial charge in [0.25, 0.3) is 5.91 Å². The number of carbonyl (C=O) groups is 2. The third kappa shape index (κ3) is 3.36. The van der Waals surface area contributed by atoms with Crippen LogP contribution in [0.1, 0.15) is 15.9 Å². The van der Waals surface area contributed by atoms with E-state index in [1.54, 1.807) is 24.3 Å². The molecule has 114 valence electrons. The highest BCUT2D eigenvalue weighted by Gasteiger charge is 2.26. The van der Waals surface area contributed by atoms with Crippen molar-refractivity contribution in [2.75, 3.05) is 24.6 Å². The molecule has 1 saturated heterocycles. The molecule has 0 aliphatic carbocycles. The molecular formula is C15H14N2O3S2. The van der Waals surface area contributed by atoms with Crippen molar-refractivity contribution in [1.29, 1.82) is 0 Å². The van der Waals surface area contributed by atoms with Gasteiger partial charge in [-0.15, -0.1) is 0 Å². The Morgan fingerprint density at radius 2 is 2.09 bits per heavy atom. The monoisotopic (exact) mass is 334 g/mol. The summed E-state index contributed by atoms with van der Waals surface area (Å²) >= 11 is 3.27. The summed E-state index contributed by atoms with van der Waals surface area (Å²) in [7, 11) is 0. The van der Waals surface area contributed by atoms with Crippen LogP contribution in [0, 0.1) is 0 Å². The zero-order chi connectivity index (χ0) is 15.5. The van der Waals surface area contributed by atoms with Crippen LogP contribution < -0.4 is 0 Å². The quantitative estimate of drug-likeness (QED) is 0.838. The Hall–Kier alpha value is -1.73. The second-order valence-electron chi connectivity index (χ2n) is 4.84. The molecule has 1 aromatic carbocycles. The molecule has 1 fully saturated rings. The topological polar surface area (TPSA) is 70.0 Å². The zero-order valence-corrected chi connectivity index (χ0v) is 13.3. The first-order valence-corrected chi connectivity index (χ1v) is 8.79. The fourth-order valence-corrected chi connectivity index (χ4v) is 4.07. The third-order valence-electron chi connectivity index (χ3n) is 3.32. The lowest BCUT2D eigenvalue weighted by atomic mass is 10.1. The van der Waals surface area contributed by atoms with E-state index in [9.17, 15) is 9.59 Å². The van der Waals surface area contributed by atoms with E-state index in [1.807, 2.05) is 11.8 Å². The van der Waals surface area contributed by atoms with Crippen LogP contribution in [0.2, 0.25) is 0 Å². The van der Waals surface area contributed by atoms with Crippen LogP contribution in [0.5, 0.6) is 0 Å². The molecule has 2 aliphatic rings. The second-order valence-corrected chi connectivity index (χ2v) is 7.07. The van der Waals surface area contributed by atoms with E-state index in [-0.39, 0.29) is 11.5 Å². The van der Waals surface area contributed by atoms with Gasteiger partial charge in [-0.3, -0.25) is 4.79 Å². The van der Waals surface area contributed by atoms with Crippen molar-refractivity contribution < 1.29 is 14.7 Å². The number of carboxylic acid groups (broad SMARTS) is 1. The molecule has 0 aromatic heterocycles. The first-order valence-electron chi connectivity index (χ1n) is 6.82. The van der Waals surface area contributed by atoms with Gasteiger partial charge in [-0.25, -0.2) is 4.79 Å². The molecule has 0 radical (unpaired) electrons. The van der Waals surface area contributed by atoms with Crippen molar-refractivity contribution in [2.24, 2.45) is 4.99 Å². The largest absolute Gasteiger partial charge is 0.478 e. The van der Waals surface area contributed by atoms with Crippen LogP contribution in [0.15, 0.2) is 34.2 Å². The van der Waals surface area contributed by atoms with Crippen molar-refractivity contribution in [2.45, 2.75) is 0 Å². The van der Waals surface area contributed by atoms with Crippen molar-refractivity contribution in [1.82, 2.24) is 4.90 Å². The summed E-state index contributed by atoms with van der Waals surface area (Å²) in [5.41, 5.74) is 0.903. The van der Waals surface area contributed by atoms with Gasteiger partial charge in [0.2, 0.25) is 0 Å². The zero-order valence-electron chi connectivity index (χ0n) is 11.7. The molecule has 5 nitrogen and oxygen atoms in total. The van der Waals surface area contributed by atoms with Crippen LogP contribution in [0.4, 0.5) is 0 Å². The molecule has 0 spiro atoms. The number of hydrogen-bond donors (Lipinski definition) is 1. The highest BCUT2D eigenvalue weighted by Crippen LogP contribution is 2.31. The van der Waals surface area contributed by atoms with E-state index in [1.165, 1.54) is 17.8 Å². The predicted molar refractivity (Wildman–Crippen MR) is 90.3 cm³/mol. The first-order chi connectivity index (χ1) is 10.6. The Bertz CT molecular complexity index is 679. The summed E-state index contributed by atoms with van der Waals surface area (Å²) in [6, 6.07) is 6.53. The number of benzene rings is 1. The van der Waals surface area contributed by atoms with E-state index >= 15 is 0 Å². The van der Waals surface area contributed by atoms with E-state index < -0.39 is 5.97 Å². The molecule has 1 aromatic rings. The molecular weight excluding hydrogens is 320 g/mol. The maximum atomic E-state index is 12.0. The molecule has 1 amide bonds. The van der Waals surface area contributed by atoms with Crippen LogP contribution in [0.25, 0.3) is 6.08 Å². The van der Waals surface area contributed by atoms with Crippen LogP contribution in [-0.4, -0.2) is 51.6 Å². The molecule has 0 unspecified atom stereocenters. The summed E-state index contributed by atoms with van der Waals surface area (Å²) in [4.78, 5) is 29.8. The second kappa shape index (κ2) is 6.58. The van der Waals surface area contributed by atoms with Gasteiger partial charge in [0.1, 0.15) is 0 Å². The summed E-state index contributed by atoms with van der Waals surface area (Å²) in [6.45, 7) is 1.82. The lowest BCUT2D eigenvalue weighted by molar-refractivity contribution is -0.113. The number of amides is 1. The van der Waals surface area contributed by atoms with E-state index in [0.717, 1.165) is 29.8 Å². The van der Waals surface area contributed by atoms with Crippen molar-refractivity contribution in [3.63, 3.8) is 0 Å². The fraction of sp³-hybridized carbons (Fsp3) is 0.267. The van der Waals surface area contributed by atoms with Gasteiger partial charge in [0, 0.05) is 24.6 Å². The minimum absolute atomic E-state index is 0.207. The minimum Gasteiger partial charge on any atom is -0.478 e. The van der Waals surface area contributed by atoms with Crippen molar-refractivity contribution in [3.8, 4) is 0 Å².